The van der Waals surface area contributed by atoms with Crippen LogP contribution in [-0.2, 0) is 0 Å². The molecule has 276 valence electrons. The lowest BCUT2D eigenvalue weighted by atomic mass is 9.91. The molecule has 1 heterocycles. The predicted octanol–water partition coefficient (Wildman–Crippen LogP) is 15.5. The van der Waals surface area contributed by atoms with Crippen molar-refractivity contribution in [2.75, 3.05) is 4.90 Å². The van der Waals surface area contributed by atoms with Gasteiger partial charge in [0.25, 0.3) is 0 Å². The van der Waals surface area contributed by atoms with Crippen molar-refractivity contribution in [2.45, 2.75) is 13.8 Å². The normalized spacial score (nSPS) is 11.3. The minimum absolute atomic E-state index is 1.09. The molecular weight excluding hydrogens is 701 g/mol. The van der Waals surface area contributed by atoms with Crippen molar-refractivity contribution < 1.29 is 0 Å². The van der Waals surface area contributed by atoms with Gasteiger partial charge < -0.3 is 9.47 Å². The van der Waals surface area contributed by atoms with Gasteiger partial charge >= 0.3 is 0 Å². The van der Waals surface area contributed by atoms with E-state index in [9.17, 15) is 0 Å². The van der Waals surface area contributed by atoms with Gasteiger partial charge in [-0.05, 0) is 89.7 Å². The van der Waals surface area contributed by atoms with Crippen LogP contribution in [0.2, 0.25) is 0 Å². The van der Waals surface area contributed by atoms with E-state index in [2.05, 4.69) is 242 Å². The highest BCUT2D eigenvalue weighted by molar-refractivity contribution is 6.17. The molecule has 0 radical (unpaired) electrons. The van der Waals surface area contributed by atoms with Crippen LogP contribution in [0.1, 0.15) is 11.1 Å². The Morgan fingerprint density at radius 2 is 0.897 bits per heavy atom. The quantitative estimate of drug-likeness (QED) is 0.150. The molecule has 0 spiro atoms. The van der Waals surface area contributed by atoms with Crippen LogP contribution in [0.3, 0.4) is 0 Å². The second-order valence-corrected chi connectivity index (χ2v) is 15.1. The molecule has 0 aliphatic heterocycles. The van der Waals surface area contributed by atoms with Crippen LogP contribution in [0.4, 0.5) is 17.1 Å². The van der Waals surface area contributed by atoms with Gasteiger partial charge in [-0.1, -0.05) is 187 Å². The Bertz CT molecular complexity index is 3070. The molecule has 9 aromatic carbocycles. The second kappa shape index (κ2) is 14.9. The Hall–Kier alpha value is -7.42. The van der Waals surface area contributed by atoms with Crippen LogP contribution in [-0.4, -0.2) is 4.57 Å². The molecule has 0 aliphatic rings. The van der Waals surface area contributed by atoms with Crippen LogP contribution in [0.15, 0.2) is 218 Å². The molecule has 0 bridgehead atoms. The minimum atomic E-state index is 1.09. The highest BCUT2D eigenvalue weighted by Crippen LogP contribution is 2.48. The van der Waals surface area contributed by atoms with E-state index in [-0.39, 0.29) is 0 Å². The first-order chi connectivity index (χ1) is 28.6. The highest BCUT2D eigenvalue weighted by Gasteiger charge is 2.25. The average Bonchev–Trinajstić information content (AvgIpc) is 3.62. The summed E-state index contributed by atoms with van der Waals surface area (Å²) in [6.45, 7) is 4.35. The first-order valence-electron chi connectivity index (χ1n) is 20.0. The molecule has 2 heteroatoms. The third kappa shape index (κ3) is 6.26. The van der Waals surface area contributed by atoms with E-state index in [1.807, 2.05) is 0 Å². The van der Waals surface area contributed by atoms with Gasteiger partial charge in [0.1, 0.15) is 0 Å². The SMILES string of the molecule is Cc1cccc(-c2cccc(-n3c4ccccc4c4c(N(c5ccc(-c6ccccc6)cc5)c5ccccc5-c5ccccc5)cccc43)c2-c2cccc(C)c2)c1. The smallest absolute Gasteiger partial charge is 0.0562 e. The van der Waals surface area contributed by atoms with Crippen molar-refractivity contribution in [2.24, 2.45) is 0 Å². The standard InChI is InChI=1S/C56H42N2/c1-39-17-13-23-44(37-39)48-27-15-30-52(55(48)45-24-14-18-40(2)38-45)58-51-29-12-10-26-49(51)56-53(31-16-32-54(56)58)57(46-35-33-42(34-36-46)41-19-5-3-6-20-41)50-28-11-9-25-47(50)43-21-7-4-8-22-43/h3-38H,1-2H3. The Morgan fingerprint density at radius 3 is 1.66 bits per heavy atom. The number of para-hydroxylation sites is 2. The summed E-state index contributed by atoms with van der Waals surface area (Å²) in [6, 6.07) is 79.5. The number of aromatic nitrogens is 1. The fourth-order valence-corrected chi connectivity index (χ4v) is 8.70. The van der Waals surface area contributed by atoms with Crippen molar-refractivity contribution in [3.8, 4) is 50.2 Å². The summed E-state index contributed by atoms with van der Waals surface area (Å²) in [6.07, 6.45) is 0. The van der Waals surface area contributed by atoms with E-state index in [0.29, 0.717) is 0 Å². The van der Waals surface area contributed by atoms with E-state index in [1.165, 1.54) is 66.4 Å². The molecule has 0 aliphatic carbocycles. The number of benzene rings is 9. The second-order valence-electron chi connectivity index (χ2n) is 15.1. The van der Waals surface area contributed by atoms with E-state index < -0.39 is 0 Å². The molecule has 10 rings (SSSR count). The molecule has 0 saturated carbocycles. The number of anilines is 3. The van der Waals surface area contributed by atoms with Crippen molar-refractivity contribution in [3.63, 3.8) is 0 Å². The molecule has 0 saturated heterocycles. The average molecular weight is 743 g/mol. The summed E-state index contributed by atoms with van der Waals surface area (Å²) < 4.78 is 2.49. The third-order valence-electron chi connectivity index (χ3n) is 11.3. The fourth-order valence-electron chi connectivity index (χ4n) is 8.70. The zero-order valence-corrected chi connectivity index (χ0v) is 32.7. The monoisotopic (exact) mass is 742 g/mol. The van der Waals surface area contributed by atoms with Crippen LogP contribution >= 0.6 is 0 Å². The number of fused-ring (bicyclic) bond motifs is 3. The van der Waals surface area contributed by atoms with Crippen molar-refractivity contribution in [3.05, 3.63) is 230 Å². The lowest BCUT2D eigenvalue weighted by molar-refractivity contribution is 1.18. The van der Waals surface area contributed by atoms with Gasteiger partial charge in [0, 0.05) is 27.6 Å². The Labute approximate surface area is 340 Å². The van der Waals surface area contributed by atoms with Gasteiger partial charge in [0.05, 0.1) is 28.1 Å². The number of aryl methyl sites for hydroxylation is 2. The van der Waals surface area contributed by atoms with Crippen LogP contribution in [0, 0.1) is 13.8 Å². The zero-order valence-electron chi connectivity index (χ0n) is 32.7. The van der Waals surface area contributed by atoms with E-state index >= 15 is 0 Å². The maximum absolute atomic E-state index is 2.49. The molecule has 0 amide bonds. The van der Waals surface area contributed by atoms with Gasteiger partial charge in [0.15, 0.2) is 0 Å². The Morgan fingerprint density at radius 1 is 0.362 bits per heavy atom. The van der Waals surface area contributed by atoms with Crippen molar-refractivity contribution >= 4 is 38.9 Å². The summed E-state index contributed by atoms with van der Waals surface area (Å²) >= 11 is 0. The van der Waals surface area contributed by atoms with E-state index in [0.717, 1.165) is 33.8 Å². The van der Waals surface area contributed by atoms with Gasteiger partial charge in [0.2, 0.25) is 0 Å². The van der Waals surface area contributed by atoms with E-state index in [1.54, 1.807) is 0 Å². The summed E-state index contributed by atoms with van der Waals surface area (Å²) in [4.78, 5) is 2.46. The molecule has 0 fully saturated rings. The predicted molar refractivity (Wildman–Crippen MR) is 247 cm³/mol. The maximum atomic E-state index is 2.49. The maximum Gasteiger partial charge on any atom is 0.0562 e. The zero-order chi connectivity index (χ0) is 39.0. The summed E-state index contributed by atoms with van der Waals surface area (Å²) in [5.74, 6) is 0. The largest absolute Gasteiger partial charge is 0.309 e. The molecule has 0 atom stereocenters. The summed E-state index contributed by atoms with van der Waals surface area (Å²) in [5, 5.41) is 2.40. The minimum Gasteiger partial charge on any atom is -0.309 e. The molecule has 2 nitrogen and oxygen atoms in total. The van der Waals surface area contributed by atoms with Crippen molar-refractivity contribution in [1.29, 1.82) is 0 Å². The van der Waals surface area contributed by atoms with Crippen molar-refractivity contribution in [1.82, 2.24) is 4.57 Å². The first kappa shape index (κ1) is 35.0. The number of hydrogen-bond acceptors (Lipinski definition) is 1. The lowest BCUT2D eigenvalue weighted by Gasteiger charge is -2.29. The van der Waals surface area contributed by atoms with Crippen LogP contribution in [0.5, 0.6) is 0 Å². The fraction of sp³-hybridized carbons (Fsp3) is 0.0357. The number of rotatable bonds is 8. The third-order valence-corrected chi connectivity index (χ3v) is 11.3. The molecule has 0 N–H and O–H groups in total. The summed E-state index contributed by atoms with van der Waals surface area (Å²) in [7, 11) is 0. The number of hydrogen-bond donors (Lipinski definition) is 0. The highest BCUT2D eigenvalue weighted by atomic mass is 15.2. The molecule has 1 aromatic heterocycles. The molecule has 10 aromatic rings. The first-order valence-corrected chi connectivity index (χ1v) is 20.0. The topological polar surface area (TPSA) is 8.17 Å². The van der Waals surface area contributed by atoms with Gasteiger partial charge in [-0.2, -0.15) is 0 Å². The molecule has 58 heavy (non-hydrogen) atoms. The van der Waals surface area contributed by atoms with Crippen LogP contribution < -0.4 is 4.90 Å². The van der Waals surface area contributed by atoms with Gasteiger partial charge in [-0.25, -0.2) is 0 Å². The Kier molecular flexibility index (Phi) is 9.01. The summed E-state index contributed by atoms with van der Waals surface area (Å²) in [5.41, 5.74) is 18.8. The molecular formula is C56H42N2. The van der Waals surface area contributed by atoms with Gasteiger partial charge in [-0.15, -0.1) is 0 Å². The van der Waals surface area contributed by atoms with E-state index in [4.69, 9.17) is 0 Å². The Balaban J connectivity index is 1.27. The lowest BCUT2D eigenvalue weighted by Crippen LogP contribution is -2.11. The van der Waals surface area contributed by atoms with Gasteiger partial charge in [-0.3, -0.25) is 0 Å². The molecule has 0 unspecified atom stereocenters. The number of nitrogens with zero attached hydrogens (tertiary/aromatic N) is 2. The van der Waals surface area contributed by atoms with Crippen LogP contribution in [0.25, 0.3) is 72.0 Å².